The van der Waals surface area contributed by atoms with Gasteiger partial charge in [0, 0.05) is 9.75 Å². The van der Waals surface area contributed by atoms with Crippen molar-refractivity contribution in [3.8, 4) is 0 Å². The van der Waals surface area contributed by atoms with Gasteiger partial charge in [-0.3, -0.25) is 4.79 Å². The average molecular weight is 462 g/mol. The van der Waals surface area contributed by atoms with E-state index in [1.54, 1.807) is 6.92 Å². The molecular weight excluding hydrogens is 434 g/mol. The first-order valence-corrected chi connectivity index (χ1v) is 12.5. The fourth-order valence-corrected chi connectivity index (χ4v) is 6.64. The lowest BCUT2D eigenvalue weighted by molar-refractivity contribution is -0.123. The Kier molecular flexibility index (Phi) is 6.77. The van der Waals surface area contributed by atoms with Gasteiger partial charge < -0.3 is 14.8 Å². The van der Waals surface area contributed by atoms with Gasteiger partial charge in [-0.05, 0) is 75.5 Å². The van der Waals surface area contributed by atoms with Crippen LogP contribution in [0.5, 0.6) is 0 Å². The summed E-state index contributed by atoms with van der Waals surface area (Å²) in [6, 6.07) is 1.90. The Morgan fingerprint density at radius 2 is 1.65 bits per heavy atom. The number of esters is 2. The van der Waals surface area contributed by atoms with Crippen molar-refractivity contribution >= 4 is 45.5 Å². The topological polar surface area (TPSA) is 81.7 Å². The number of hydrogen-bond donors (Lipinski definition) is 1. The van der Waals surface area contributed by atoms with Crippen molar-refractivity contribution in [3.05, 3.63) is 37.4 Å². The van der Waals surface area contributed by atoms with Gasteiger partial charge in [0.1, 0.15) is 9.88 Å². The molecule has 0 bridgehead atoms. The van der Waals surface area contributed by atoms with Crippen molar-refractivity contribution in [1.29, 1.82) is 0 Å². The number of nitrogens with one attached hydrogen (secondary N) is 1. The zero-order valence-corrected chi connectivity index (χ0v) is 19.5. The molecule has 0 aliphatic heterocycles. The van der Waals surface area contributed by atoms with E-state index in [0.29, 0.717) is 15.4 Å². The number of thiophene rings is 2. The first-order chi connectivity index (χ1) is 15.0. The number of methoxy groups -OCH3 is 1. The lowest BCUT2D eigenvalue weighted by Crippen LogP contribution is -2.30. The monoisotopic (exact) mass is 461 g/mol. The molecule has 2 aromatic heterocycles. The van der Waals surface area contributed by atoms with Crippen LogP contribution >= 0.6 is 22.7 Å². The molecule has 1 amide bonds. The van der Waals surface area contributed by atoms with Crippen molar-refractivity contribution < 1.29 is 23.9 Å². The third-order valence-electron chi connectivity index (χ3n) is 5.90. The van der Waals surface area contributed by atoms with E-state index in [1.165, 1.54) is 40.2 Å². The maximum absolute atomic E-state index is 12.8. The molecular formula is C23H27NO5S2. The number of rotatable bonds is 5. The van der Waals surface area contributed by atoms with Crippen molar-refractivity contribution in [1.82, 2.24) is 0 Å². The van der Waals surface area contributed by atoms with E-state index in [2.05, 4.69) is 5.32 Å². The average Bonchev–Trinajstić information content (AvgIpc) is 3.27. The molecule has 2 aliphatic carbocycles. The second kappa shape index (κ2) is 9.53. The van der Waals surface area contributed by atoms with Gasteiger partial charge in [-0.25, -0.2) is 9.59 Å². The van der Waals surface area contributed by atoms with Crippen LogP contribution in [0, 0.1) is 0 Å². The SMILES string of the molecule is COC(=O)c1c(NC(=O)C(C)OC(=O)c2cc3c(s2)CCCC3)sc2c1CCCCC2. The second-order valence-electron chi connectivity index (χ2n) is 8.06. The van der Waals surface area contributed by atoms with Crippen molar-refractivity contribution in [3.63, 3.8) is 0 Å². The van der Waals surface area contributed by atoms with Crippen LogP contribution < -0.4 is 5.32 Å². The van der Waals surface area contributed by atoms with Crippen molar-refractivity contribution in [2.45, 2.75) is 70.8 Å². The molecule has 0 spiro atoms. The largest absolute Gasteiger partial charge is 0.465 e. The Morgan fingerprint density at radius 3 is 2.42 bits per heavy atom. The molecule has 2 heterocycles. The van der Waals surface area contributed by atoms with Crippen molar-refractivity contribution in [2.24, 2.45) is 0 Å². The minimum Gasteiger partial charge on any atom is -0.465 e. The van der Waals surface area contributed by atoms with E-state index >= 15 is 0 Å². The highest BCUT2D eigenvalue weighted by Gasteiger charge is 2.28. The first kappa shape index (κ1) is 22.0. The fraction of sp³-hybridized carbons (Fsp3) is 0.522. The smallest absolute Gasteiger partial charge is 0.349 e. The summed E-state index contributed by atoms with van der Waals surface area (Å²) < 4.78 is 10.4. The van der Waals surface area contributed by atoms with E-state index in [-0.39, 0.29) is 0 Å². The Hall–Kier alpha value is -2.19. The minimum atomic E-state index is -0.973. The number of ether oxygens (including phenoxy) is 2. The molecule has 0 radical (unpaired) electrons. The molecule has 0 saturated carbocycles. The number of anilines is 1. The lowest BCUT2D eigenvalue weighted by Gasteiger charge is -2.13. The summed E-state index contributed by atoms with van der Waals surface area (Å²) in [4.78, 5) is 40.7. The standard InChI is InChI=1S/C23H27NO5S2/c1-13(29-22(26)18-12-14-8-6-7-10-16(14)30-18)20(25)24-21-19(23(27)28-2)15-9-4-3-5-11-17(15)31-21/h12-13H,3-11H2,1-2H3,(H,24,25). The minimum absolute atomic E-state index is 0.441. The fourth-order valence-electron chi connectivity index (χ4n) is 4.23. The normalized spacial score (nSPS) is 16.5. The van der Waals surface area contributed by atoms with Crippen LogP contribution in [0.2, 0.25) is 0 Å². The van der Waals surface area contributed by atoms with E-state index in [9.17, 15) is 14.4 Å². The zero-order valence-electron chi connectivity index (χ0n) is 17.9. The lowest BCUT2D eigenvalue weighted by atomic mass is 9.99. The van der Waals surface area contributed by atoms with Gasteiger partial charge in [0.2, 0.25) is 0 Å². The molecule has 0 aromatic carbocycles. The number of hydrogen-bond acceptors (Lipinski definition) is 7. The Bertz CT molecular complexity index is 983. The van der Waals surface area contributed by atoms with E-state index in [0.717, 1.165) is 68.2 Å². The zero-order chi connectivity index (χ0) is 22.0. The van der Waals surface area contributed by atoms with Crippen molar-refractivity contribution in [2.75, 3.05) is 12.4 Å². The van der Waals surface area contributed by atoms with Crippen LogP contribution in [0.4, 0.5) is 5.00 Å². The van der Waals surface area contributed by atoms with E-state index in [1.807, 2.05) is 6.07 Å². The number of carbonyl (C=O) groups is 3. The highest BCUT2D eigenvalue weighted by atomic mass is 32.1. The number of aryl methyl sites for hydroxylation is 3. The maximum atomic E-state index is 12.8. The molecule has 1 unspecified atom stereocenters. The predicted octanol–water partition coefficient (Wildman–Crippen LogP) is 4.93. The third kappa shape index (κ3) is 4.70. The van der Waals surface area contributed by atoms with Gasteiger partial charge >= 0.3 is 11.9 Å². The van der Waals surface area contributed by atoms with Crippen LogP contribution in [0.3, 0.4) is 0 Å². The highest BCUT2D eigenvalue weighted by molar-refractivity contribution is 7.17. The Balaban J connectivity index is 1.47. The van der Waals surface area contributed by atoms with Gasteiger partial charge in [-0.15, -0.1) is 22.7 Å². The van der Waals surface area contributed by atoms with Crippen LogP contribution in [0.15, 0.2) is 6.07 Å². The van der Waals surface area contributed by atoms with Gasteiger partial charge in [-0.1, -0.05) is 6.42 Å². The highest BCUT2D eigenvalue weighted by Crippen LogP contribution is 2.38. The van der Waals surface area contributed by atoms with Gasteiger partial charge in [0.25, 0.3) is 5.91 Å². The molecule has 1 N–H and O–H groups in total. The van der Waals surface area contributed by atoms with Crippen LogP contribution in [0.25, 0.3) is 0 Å². The molecule has 166 valence electrons. The molecule has 1 atom stereocenters. The van der Waals surface area contributed by atoms with Gasteiger partial charge in [-0.2, -0.15) is 0 Å². The number of amides is 1. The molecule has 6 nitrogen and oxygen atoms in total. The summed E-state index contributed by atoms with van der Waals surface area (Å²) in [5, 5.41) is 3.30. The number of carbonyl (C=O) groups excluding carboxylic acids is 3. The predicted molar refractivity (Wildman–Crippen MR) is 121 cm³/mol. The molecule has 2 aromatic rings. The Labute approximate surface area is 189 Å². The van der Waals surface area contributed by atoms with Gasteiger partial charge in [0.05, 0.1) is 12.7 Å². The van der Waals surface area contributed by atoms with Crippen LogP contribution in [-0.4, -0.2) is 31.1 Å². The third-order valence-corrected chi connectivity index (χ3v) is 8.32. The summed E-state index contributed by atoms with van der Waals surface area (Å²) in [5.41, 5.74) is 2.66. The molecule has 31 heavy (non-hydrogen) atoms. The summed E-state index contributed by atoms with van der Waals surface area (Å²) >= 11 is 2.89. The number of fused-ring (bicyclic) bond motifs is 2. The summed E-state index contributed by atoms with van der Waals surface area (Å²) in [6.45, 7) is 1.55. The summed E-state index contributed by atoms with van der Waals surface area (Å²) in [5.74, 6) is -1.36. The second-order valence-corrected chi connectivity index (χ2v) is 10.3. The van der Waals surface area contributed by atoms with E-state index < -0.39 is 23.9 Å². The molecule has 8 heteroatoms. The Morgan fingerprint density at radius 1 is 0.935 bits per heavy atom. The maximum Gasteiger partial charge on any atom is 0.349 e. The summed E-state index contributed by atoms with van der Waals surface area (Å²) in [7, 11) is 1.35. The van der Waals surface area contributed by atoms with Crippen LogP contribution in [-0.2, 0) is 40.0 Å². The van der Waals surface area contributed by atoms with E-state index in [4.69, 9.17) is 9.47 Å². The molecule has 4 rings (SSSR count). The summed E-state index contributed by atoms with van der Waals surface area (Å²) in [6.07, 6.45) is 8.23. The van der Waals surface area contributed by atoms with Crippen LogP contribution in [0.1, 0.15) is 79.9 Å². The molecule has 2 aliphatic rings. The molecule has 0 fully saturated rings. The van der Waals surface area contributed by atoms with Gasteiger partial charge in [0.15, 0.2) is 6.10 Å². The quantitative estimate of drug-likeness (QED) is 0.504. The molecule has 0 saturated heterocycles. The first-order valence-electron chi connectivity index (χ1n) is 10.8.